The van der Waals surface area contributed by atoms with Gasteiger partial charge >= 0.3 is 5.97 Å². The molecule has 0 aliphatic rings. The first kappa shape index (κ1) is 15.0. The molecule has 0 aliphatic heterocycles. The molecule has 0 saturated carbocycles. The highest BCUT2D eigenvalue weighted by Crippen LogP contribution is 2.25. The number of nitrogens with zero attached hydrogens (tertiary/aromatic N) is 3. The molecular formula is C16H15FN4O2. The fraction of sp³-hybridized carbons (Fsp3) is 0.188. The molecule has 1 N–H and O–H groups in total. The number of hydrogen-bond donors (Lipinski definition) is 1. The Hall–Kier alpha value is -2.96. The summed E-state index contributed by atoms with van der Waals surface area (Å²) in [7, 11) is 0. The zero-order valence-electron chi connectivity index (χ0n) is 12.7. The van der Waals surface area contributed by atoms with Crippen molar-refractivity contribution in [2.45, 2.75) is 13.8 Å². The molecule has 0 unspecified atom stereocenters. The molecule has 118 valence electrons. The first-order valence-corrected chi connectivity index (χ1v) is 7.13. The molecule has 0 bridgehead atoms. The van der Waals surface area contributed by atoms with Crippen molar-refractivity contribution in [1.82, 2.24) is 14.6 Å². The summed E-state index contributed by atoms with van der Waals surface area (Å²) in [5.74, 6) is -0.668. The summed E-state index contributed by atoms with van der Waals surface area (Å²) in [5.41, 5.74) is 1.86. The van der Waals surface area contributed by atoms with Gasteiger partial charge in [0.15, 0.2) is 11.5 Å². The Morgan fingerprint density at radius 3 is 3.00 bits per heavy atom. The number of benzene rings is 1. The van der Waals surface area contributed by atoms with E-state index in [2.05, 4.69) is 15.4 Å². The van der Waals surface area contributed by atoms with Crippen molar-refractivity contribution >= 4 is 23.1 Å². The first-order chi connectivity index (χ1) is 11.1. The third-order valence-electron chi connectivity index (χ3n) is 3.29. The Morgan fingerprint density at radius 1 is 1.39 bits per heavy atom. The van der Waals surface area contributed by atoms with Gasteiger partial charge in [0, 0.05) is 12.3 Å². The van der Waals surface area contributed by atoms with Gasteiger partial charge in [0.05, 0.1) is 18.5 Å². The van der Waals surface area contributed by atoms with E-state index in [9.17, 15) is 9.18 Å². The Labute approximate surface area is 131 Å². The number of carbonyl (C=O) groups excluding carboxylic acids is 1. The zero-order valence-corrected chi connectivity index (χ0v) is 12.7. The average molecular weight is 314 g/mol. The number of hydrogen-bond acceptors (Lipinski definition) is 5. The van der Waals surface area contributed by atoms with E-state index in [1.165, 1.54) is 16.8 Å². The number of aromatic nitrogens is 3. The highest BCUT2D eigenvalue weighted by Gasteiger charge is 2.18. The first-order valence-electron chi connectivity index (χ1n) is 7.13. The number of fused-ring (bicyclic) bond motifs is 1. The van der Waals surface area contributed by atoms with E-state index in [0.717, 1.165) is 5.56 Å². The maximum absolute atomic E-state index is 14.0. The van der Waals surface area contributed by atoms with Gasteiger partial charge in [0.2, 0.25) is 0 Å². The van der Waals surface area contributed by atoms with Crippen LogP contribution in [0, 0.1) is 12.7 Å². The summed E-state index contributed by atoms with van der Waals surface area (Å²) >= 11 is 0. The number of ether oxygens (including phenoxy) is 1. The Balaban J connectivity index is 2.13. The molecule has 2 heterocycles. The molecule has 2 aromatic heterocycles. The van der Waals surface area contributed by atoms with E-state index in [0.29, 0.717) is 11.5 Å². The van der Waals surface area contributed by atoms with Crippen LogP contribution in [-0.2, 0) is 4.74 Å². The molecule has 7 heteroatoms. The van der Waals surface area contributed by atoms with Crippen LogP contribution in [0.25, 0.3) is 5.65 Å². The lowest BCUT2D eigenvalue weighted by atomic mass is 10.2. The summed E-state index contributed by atoms with van der Waals surface area (Å²) in [5, 5.41) is 7.07. The van der Waals surface area contributed by atoms with Crippen molar-refractivity contribution in [3.63, 3.8) is 0 Å². The SMILES string of the molecule is CCOC(=O)c1cnc2ccnn2c1Nc1cc(C)ccc1F. The number of nitrogens with one attached hydrogen (secondary N) is 1. The van der Waals surface area contributed by atoms with Gasteiger partial charge in [-0.2, -0.15) is 9.61 Å². The number of aryl methyl sites for hydroxylation is 1. The van der Waals surface area contributed by atoms with Crippen LogP contribution in [0.15, 0.2) is 36.7 Å². The average Bonchev–Trinajstić information content (AvgIpc) is 3.00. The van der Waals surface area contributed by atoms with E-state index >= 15 is 0 Å². The van der Waals surface area contributed by atoms with Crippen molar-refractivity contribution in [2.75, 3.05) is 11.9 Å². The van der Waals surface area contributed by atoms with E-state index in [-0.39, 0.29) is 17.9 Å². The lowest BCUT2D eigenvalue weighted by molar-refractivity contribution is 0.0526. The highest BCUT2D eigenvalue weighted by atomic mass is 19.1. The molecule has 0 spiro atoms. The Kier molecular flexibility index (Phi) is 3.92. The van der Waals surface area contributed by atoms with Gasteiger partial charge in [-0.1, -0.05) is 6.07 Å². The minimum Gasteiger partial charge on any atom is -0.462 e. The Morgan fingerprint density at radius 2 is 2.22 bits per heavy atom. The molecule has 0 fully saturated rings. The molecule has 3 rings (SSSR count). The monoisotopic (exact) mass is 314 g/mol. The predicted octanol–water partition coefficient (Wildman–Crippen LogP) is 3.10. The molecule has 0 aliphatic carbocycles. The molecule has 3 aromatic rings. The largest absolute Gasteiger partial charge is 0.462 e. The van der Waals surface area contributed by atoms with Gasteiger partial charge in [0.1, 0.15) is 11.4 Å². The maximum Gasteiger partial charge on any atom is 0.343 e. The smallest absolute Gasteiger partial charge is 0.343 e. The molecule has 0 radical (unpaired) electrons. The van der Waals surface area contributed by atoms with Crippen LogP contribution in [-0.4, -0.2) is 27.2 Å². The van der Waals surface area contributed by atoms with E-state index in [4.69, 9.17) is 4.74 Å². The highest BCUT2D eigenvalue weighted by molar-refractivity contribution is 5.95. The van der Waals surface area contributed by atoms with E-state index < -0.39 is 11.8 Å². The van der Waals surface area contributed by atoms with E-state index in [1.54, 1.807) is 31.3 Å². The number of esters is 1. The third kappa shape index (κ3) is 2.85. The van der Waals surface area contributed by atoms with Crippen molar-refractivity contribution < 1.29 is 13.9 Å². The van der Waals surface area contributed by atoms with E-state index in [1.807, 2.05) is 6.92 Å². The summed E-state index contributed by atoms with van der Waals surface area (Å²) in [6.07, 6.45) is 2.94. The number of halogens is 1. The predicted molar refractivity (Wildman–Crippen MR) is 83.4 cm³/mol. The van der Waals surface area contributed by atoms with Crippen LogP contribution in [0.4, 0.5) is 15.9 Å². The summed E-state index contributed by atoms with van der Waals surface area (Å²) in [6.45, 7) is 3.80. The van der Waals surface area contributed by atoms with Crippen LogP contribution in [0.1, 0.15) is 22.8 Å². The molecule has 1 aromatic carbocycles. The van der Waals surface area contributed by atoms with Crippen molar-refractivity contribution in [3.05, 3.63) is 53.6 Å². The molecule has 0 amide bonds. The minimum atomic E-state index is -0.548. The molecule has 0 saturated heterocycles. The maximum atomic E-state index is 14.0. The second-order valence-electron chi connectivity index (χ2n) is 4.95. The van der Waals surface area contributed by atoms with Gasteiger partial charge < -0.3 is 10.1 Å². The second kappa shape index (κ2) is 6.04. The summed E-state index contributed by atoms with van der Waals surface area (Å²) < 4.78 is 20.5. The van der Waals surface area contributed by atoms with Crippen molar-refractivity contribution in [2.24, 2.45) is 0 Å². The number of rotatable bonds is 4. The summed E-state index contributed by atoms with van der Waals surface area (Å²) in [6, 6.07) is 6.37. The fourth-order valence-electron chi connectivity index (χ4n) is 2.21. The number of carbonyl (C=O) groups is 1. The standard InChI is InChI=1S/C16H15FN4O2/c1-3-23-16(22)11-9-18-14-6-7-19-21(14)15(11)20-13-8-10(2)4-5-12(13)17/h4-9,20H,3H2,1-2H3. The van der Waals surface area contributed by atoms with Gasteiger partial charge in [-0.3, -0.25) is 0 Å². The van der Waals surface area contributed by atoms with Gasteiger partial charge in [0.25, 0.3) is 0 Å². The van der Waals surface area contributed by atoms with Crippen LogP contribution in [0.3, 0.4) is 0 Å². The van der Waals surface area contributed by atoms with Crippen molar-refractivity contribution in [3.8, 4) is 0 Å². The van der Waals surface area contributed by atoms with Crippen LogP contribution in [0.2, 0.25) is 0 Å². The quantitative estimate of drug-likeness (QED) is 0.749. The lowest BCUT2D eigenvalue weighted by Crippen LogP contribution is -2.13. The second-order valence-corrected chi connectivity index (χ2v) is 4.95. The van der Waals surface area contributed by atoms with Crippen LogP contribution in [0.5, 0.6) is 0 Å². The normalized spacial score (nSPS) is 10.7. The van der Waals surface area contributed by atoms with Crippen LogP contribution < -0.4 is 5.32 Å². The fourth-order valence-corrected chi connectivity index (χ4v) is 2.21. The third-order valence-corrected chi connectivity index (χ3v) is 3.29. The molecule has 23 heavy (non-hydrogen) atoms. The summed E-state index contributed by atoms with van der Waals surface area (Å²) in [4.78, 5) is 16.3. The molecule has 6 nitrogen and oxygen atoms in total. The Bertz CT molecular complexity index is 876. The van der Waals surface area contributed by atoms with Gasteiger partial charge in [-0.25, -0.2) is 14.2 Å². The van der Waals surface area contributed by atoms with Crippen molar-refractivity contribution in [1.29, 1.82) is 0 Å². The minimum absolute atomic E-state index is 0.184. The molecular weight excluding hydrogens is 299 g/mol. The number of anilines is 2. The zero-order chi connectivity index (χ0) is 16.4. The van der Waals surface area contributed by atoms with Gasteiger partial charge in [-0.05, 0) is 31.5 Å². The van der Waals surface area contributed by atoms with Crippen LogP contribution >= 0.6 is 0 Å². The molecule has 0 atom stereocenters. The topological polar surface area (TPSA) is 68.5 Å². The van der Waals surface area contributed by atoms with Gasteiger partial charge in [-0.15, -0.1) is 0 Å². The lowest BCUT2D eigenvalue weighted by Gasteiger charge is -2.13.